The number of nitrogens with one attached hydrogen (secondary N) is 1. The standard InChI is InChI=1S/C14H10ClFN2O3/c15-10-5-6-12(11(16)8-10)17-14(19)7-9-3-1-2-4-13(9)18(20)21/h1-6,8H,7H2,(H,17,19). The Morgan fingerprint density at radius 1 is 1.29 bits per heavy atom. The predicted octanol–water partition coefficient (Wildman–Crippen LogP) is 3.57. The van der Waals surface area contributed by atoms with Crippen molar-refractivity contribution in [2.75, 3.05) is 5.32 Å². The molecule has 1 amide bonds. The molecule has 0 heterocycles. The summed E-state index contributed by atoms with van der Waals surface area (Å²) in [6, 6.07) is 9.74. The van der Waals surface area contributed by atoms with Crippen LogP contribution in [0.25, 0.3) is 0 Å². The summed E-state index contributed by atoms with van der Waals surface area (Å²) in [7, 11) is 0. The Morgan fingerprint density at radius 2 is 2.00 bits per heavy atom. The van der Waals surface area contributed by atoms with Gasteiger partial charge in [0.25, 0.3) is 5.69 Å². The number of nitro groups is 1. The van der Waals surface area contributed by atoms with Crippen molar-refractivity contribution in [1.82, 2.24) is 0 Å². The molecule has 2 aromatic rings. The number of halogens is 2. The number of nitrogens with zero attached hydrogens (tertiary/aromatic N) is 1. The third kappa shape index (κ3) is 3.76. The molecule has 21 heavy (non-hydrogen) atoms. The fourth-order valence-corrected chi connectivity index (χ4v) is 1.96. The Hall–Kier alpha value is -2.47. The Balaban J connectivity index is 2.14. The lowest BCUT2D eigenvalue weighted by molar-refractivity contribution is -0.385. The second-order valence-corrected chi connectivity index (χ2v) is 4.67. The molecule has 0 aromatic heterocycles. The van der Waals surface area contributed by atoms with Gasteiger partial charge in [0.15, 0.2) is 0 Å². The summed E-state index contributed by atoms with van der Waals surface area (Å²) in [4.78, 5) is 22.1. The van der Waals surface area contributed by atoms with Crippen molar-refractivity contribution in [3.63, 3.8) is 0 Å². The van der Waals surface area contributed by atoms with Gasteiger partial charge in [-0.3, -0.25) is 14.9 Å². The van der Waals surface area contributed by atoms with Gasteiger partial charge in [0, 0.05) is 16.7 Å². The Labute approximate surface area is 124 Å². The van der Waals surface area contributed by atoms with Gasteiger partial charge in [-0.1, -0.05) is 29.8 Å². The Kier molecular flexibility index (Phi) is 4.49. The number of nitro benzene ring substituents is 1. The predicted molar refractivity (Wildman–Crippen MR) is 76.8 cm³/mol. The highest BCUT2D eigenvalue weighted by Gasteiger charge is 2.16. The Bertz CT molecular complexity index is 706. The van der Waals surface area contributed by atoms with Crippen LogP contribution in [0.15, 0.2) is 42.5 Å². The van der Waals surface area contributed by atoms with Gasteiger partial charge in [0.2, 0.25) is 5.91 Å². The molecule has 5 nitrogen and oxygen atoms in total. The molecule has 0 atom stereocenters. The van der Waals surface area contributed by atoms with E-state index in [-0.39, 0.29) is 28.4 Å². The Morgan fingerprint density at radius 3 is 2.67 bits per heavy atom. The van der Waals surface area contributed by atoms with E-state index < -0.39 is 16.6 Å². The lowest BCUT2D eigenvalue weighted by atomic mass is 10.1. The number of para-hydroxylation sites is 1. The zero-order valence-corrected chi connectivity index (χ0v) is 11.4. The minimum Gasteiger partial charge on any atom is -0.323 e. The molecule has 108 valence electrons. The maximum atomic E-state index is 13.5. The molecule has 0 fully saturated rings. The number of hydrogen-bond acceptors (Lipinski definition) is 3. The second kappa shape index (κ2) is 6.32. The SMILES string of the molecule is O=C(Cc1ccccc1[N+](=O)[O-])Nc1ccc(Cl)cc1F. The molecule has 0 radical (unpaired) electrons. The van der Waals surface area contributed by atoms with Crippen LogP contribution < -0.4 is 5.32 Å². The first kappa shape index (κ1) is 14.9. The van der Waals surface area contributed by atoms with Crippen LogP contribution in [0.3, 0.4) is 0 Å². The first-order valence-electron chi connectivity index (χ1n) is 5.94. The molecule has 0 spiro atoms. The van der Waals surface area contributed by atoms with Crippen molar-refractivity contribution in [3.8, 4) is 0 Å². The van der Waals surface area contributed by atoms with Crippen LogP contribution in [0.2, 0.25) is 5.02 Å². The van der Waals surface area contributed by atoms with E-state index in [9.17, 15) is 19.3 Å². The molecule has 0 saturated carbocycles. The first-order valence-corrected chi connectivity index (χ1v) is 6.32. The molecule has 2 rings (SSSR count). The van der Waals surface area contributed by atoms with E-state index in [1.54, 1.807) is 6.07 Å². The molecule has 0 saturated heterocycles. The van der Waals surface area contributed by atoms with Gasteiger partial charge < -0.3 is 5.32 Å². The summed E-state index contributed by atoms with van der Waals surface area (Å²) in [6.07, 6.45) is -0.223. The van der Waals surface area contributed by atoms with E-state index in [4.69, 9.17) is 11.6 Å². The van der Waals surface area contributed by atoms with E-state index in [0.29, 0.717) is 0 Å². The normalized spacial score (nSPS) is 10.2. The summed E-state index contributed by atoms with van der Waals surface area (Å²) < 4.78 is 13.5. The quantitative estimate of drug-likeness (QED) is 0.693. The minimum absolute atomic E-state index is 0.0250. The van der Waals surface area contributed by atoms with Crippen molar-refractivity contribution < 1.29 is 14.1 Å². The van der Waals surface area contributed by atoms with Crippen molar-refractivity contribution in [1.29, 1.82) is 0 Å². The van der Waals surface area contributed by atoms with Crippen molar-refractivity contribution >= 4 is 28.9 Å². The number of carbonyl (C=O) groups excluding carboxylic acids is 1. The van der Waals surface area contributed by atoms with Crippen LogP contribution in [-0.2, 0) is 11.2 Å². The topological polar surface area (TPSA) is 72.2 Å². The average molecular weight is 309 g/mol. The summed E-state index contributed by atoms with van der Waals surface area (Å²) >= 11 is 5.61. The van der Waals surface area contributed by atoms with E-state index in [1.807, 2.05) is 0 Å². The van der Waals surface area contributed by atoms with Gasteiger partial charge in [-0.05, 0) is 18.2 Å². The third-order valence-electron chi connectivity index (χ3n) is 2.74. The van der Waals surface area contributed by atoms with Gasteiger partial charge in [-0.15, -0.1) is 0 Å². The monoisotopic (exact) mass is 308 g/mol. The van der Waals surface area contributed by atoms with Gasteiger partial charge in [0.1, 0.15) is 5.82 Å². The number of benzene rings is 2. The highest BCUT2D eigenvalue weighted by atomic mass is 35.5. The van der Waals surface area contributed by atoms with Crippen LogP contribution in [0.5, 0.6) is 0 Å². The summed E-state index contributed by atoms with van der Waals surface area (Å²) in [5.74, 6) is -1.22. The van der Waals surface area contributed by atoms with Crippen LogP contribution in [0, 0.1) is 15.9 Å². The van der Waals surface area contributed by atoms with E-state index >= 15 is 0 Å². The average Bonchev–Trinajstić information content (AvgIpc) is 2.42. The lowest BCUT2D eigenvalue weighted by Crippen LogP contribution is -2.16. The highest BCUT2D eigenvalue weighted by Crippen LogP contribution is 2.21. The van der Waals surface area contributed by atoms with Gasteiger partial charge in [-0.25, -0.2) is 4.39 Å². The zero-order valence-electron chi connectivity index (χ0n) is 10.7. The lowest BCUT2D eigenvalue weighted by Gasteiger charge is -2.07. The highest BCUT2D eigenvalue weighted by molar-refractivity contribution is 6.30. The van der Waals surface area contributed by atoms with Crippen molar-refractivity contribution in [3.05, 3.63) is 69.0 Å². The molecular weight excluding hydrogens is 299 g/mol. The van der Waals surface area contributed by atoms with Gasteiger partial charge >= 0.3 is 0 Å². The fraction of sp³-hybridized carbons (Fsp3) is 0.0714. The number of anilines is 1. The second-order valence-electron chi connectivity index (χ2n) is 4.23. The minimum atomic E-state index is -0.668. The molecule has 0 bridgehead atoms. The van der Waals surface area contributed by atoms with Gasteiger partial charge in [-0.2, -0.15) is 0 Å². The largest absolute Gasteiger partial charge is 0.323 e. The molecular formula is C14H10ClFN2O3. The summed E-state index contributed by atoms with van der Waals surface area (Å²) in [5, 5.41) is 13.4. The smallest absolute Gasteiger partial charge is 0.273 e. The molecule has 2 aromatic carbocycles. The third-order valence-corrected chi connectivity index (χ3v) is 2.98. The molecule has 0 aliphatic carbocycles. The van der Waals surface area contributed by atoms with Crippen LogP contribution in [-0.4, -0.2) is 10.8 Å². The van der Waals surface area contributed by atoms with E-state index in [2.05, 4.69) is 5.32 Å². The van der Waals surface area contributed by atoms with Crippen molar-refractivity contribution in [2.24, 2.45) is 0 Å². The van der Waals surface area contributed by atoms with Crippen LogP contribution in [0.4, 0.5) is 15.8 Å². The maximum Gasteiger partial charge on any atom is 0.273 e. The molecule has 1 N–H and O–H groups in total. The fourth-order valence-electron chi connectivity index (χ4n) is 1.80. The summed E-state index contributed by atoms with van der Waals surface area (Å²) in [5.41, 5.74) is 0.0848. The molecule has 0 aliphatic heterocycles. The zero-order chi connectivity index (χ0) is 15.4. The number of amides is 1. The van der Waals surface area contributed by atoms with Crippen molar-refractivity contribution in [2.45, 2.75) is 6.42 Å². The number of hydrogen-bond donors (Lipinski definition) is 1. The maximum absolute atomic E-state index is 13.5. The molecule has 0 aliphatic rings. The van der Waals surface area contributed by atoms with Crippen LogP contribution in [0.1, 0.15) is 5.56 Å². The van der Waals surface area contributed by atoms with Gasteiger partial charge in [0.05, 0.1) is 17.0 Å². The number of rotatable bonds is 4. The molecule has 0 unspecified atom stereocenters. The number of carbonyl (C=O) groups is 1. The van der Waals surface area contributed by atoms with E-state index in [1.165, 1.54) is 30.3 Å². The van der Waals surface area contributed by atoms with E-state index in [0.717, 1.165) is 6.07 Å². The molecule has 7 heteroatoms. The summed E-state index contributed by atoms with van der Waals surface area (Å²) in [6.45, 7) is 0. The van der Waals surface area contributed by atoms with Crippen LogP contribution >= 0.6 is 11.6 Å². The first-order chi connectivity index (χ1) is 9.97.